The van der Waals surface area contributed by atoms with Gasteiger partial charge in [0.25, 0.3) is 0 Å². The molecule has 0 spiro atoms. The van der Waals surface area contributed by atoms with Gasteiger partial charge in [0, 0.05) is 11.8 Å². The Morgan fingerprint density at radius 3 is 2.20 bits per heavy atom. The highest BCUT2D eigenvalue weighted by atomic mass is 16.7. The zero-order chi connectivity index (χ0) is 21.9. The van der Waals surface area contributed by atoms with Crippen LogP contribution < -0.4 is 5.46 Å². The number of aromatic nitrogens is 2. The third-order valence-electron chi connectivity index (χ3n) is 5.91. The van der Waals surface area contributed by atoms with Gasteiger partial charge < -0.3 is 14.0 Å². The second-order valence-corrected chi connectivity index (χ2v) is 10.1. The Labute approximate surface area is 178 Å². The largest absolute Gasteiger partial charge is 0.494 e. The van der Waals surface area contributed by atoms with Crippen molar-refractivity contribution < 1.29 is 18.8 Å². The maximum Gasteiger partial charge on any atom is 0.494 e. The molecule has 0 aliphatic carbocycles. The highest BCUT2D eigenvalue weighted by molar-refractivity contribution is 6.62. The van der Waals surface area contributed by atoms with Gasteiger partial charge in [-0.2, -0.15) is 5.10 Å². The van der Waals surface area contributed by atoms with E-state index in [1.54, 1.807) is 4.90 Å². The average Bonchev–Trinajstić information content (AvgIpc) is 3.23. The Kier molecular flexibility index (Phi) is 4.78. The summed E-state index contributed by atoms with van der Waals surface area (Å²) in [6, 6.07) is 8.04. The molecule has 0 radical (unpaired) electrons. The van der Waals surface area contributed by atoms with Gasteiger partial charge in [0.2, 0.25) is 0 Å². The average molecular weight is 411 g/mol. The molecular formula is C22H30BN3O4. The molecule has 1 amide bonds. The van der Waals surface area contributed by atoms with Crippen LogP contribution in [-0.4, -0.2) is 44.7 Å². The van der Waals surface area contributed by atoms with E-state index in [4.69, 9.17) is 14.0 Å². The molecule has 0 N–H and O–H groups in total. The second kappa shape index (κ2) is 6.85. The summed E-state index contributed by atoms with van der Waals surface area (Å²) in [7, 11) is -0.380. The van der Waals surface area contributed by atoms with E-state index < -0.39 is 5.60 Å². The molecule has 0 bridgehead atoms. The number of carbonyl (C=O) groups is 1. The first-order chi connectivity index (χ1) is 13.8. The number of ether oxygens (including phenoxy) is 1. The number of hydrogen-bond donors (Lipinski definition) is 0. The van der Waals surface area contributed by atoms with Gasteiger partial charge in [-0.15, -0.1) is 0 Å². The van der Waals surface area contributed by atoms with E-state index in [9.17, 15) is 4.79 Å². The van der Waals surface area contributed by atoms with Crippen molar-refractivity contribution >= 4 is 18.7 Å². The van der Waals surface area contributed by atoms with Crippen LogP contribution in [0, 0.1) is 0 Å². The molecule has 160 valence electrons. The molecule has 2 aliphatic heterocycles. The van der Waals surface area contributed by atoms with Gasteiger partial charge in [0.1, 0.15) is 5.60 Å². The van der Waals surface area contributed by atoms with Crippen molar-refractivity contribution in [1.29, 1.82) is 0 Å². The van der Waals surface area contributed by atoms with Gasteiger partial charge in [-0.3, -0.25) is 4.90 Å². The first-order valence-electron chi connectivity index (χ1n) is 10.4. The minimum atomic E-state index is -0.504. The third-order valence-corrected chi connectivity index (χ3v) is 5.91. The predicted molar refractivity (Wildman–Crippen MR) is 115 cm³/mol. The molecule has 2 aliphatic rings. The van der Waals surface area contributed by atoms with Crippen LogP contribution in [0.15, 0.2) is 30.5 Å². The molecule has 0 atom stereocenters. The molecule has 7 nitrogen and oxygen atoms in total. The highest BCUT2D eigenvalue weighted by Crippen LogP contribution is 2.36. The van der Waals surface area contributed by atoms with Gasteiger partial charge in [0.05, 0.1) is 35.7 Å². The first-order valence-corrected chi connectivity index (χ1v) is 10.4. The Hall–Kier alpha value is -2.32. The minimum Gasteiger partial charge on any atom is -0.444 e. The predicted octanol–water partition coefficient (Wildman–Crippen LogP) is 3.42. The monoisotopic (exact) mass is 411 g/mol. The van der Waals surface area contributed by atoms with Crippen LogP contribution in [-0.2, 0) is 27.1 Å². The molecule has 2 aromatic rings. The topological polar surface area (TPSA) is 65.8 Å². The summed E-state index contributed by atoms with van der Waals surface area (Å²) in [5.41, 5.74) is 2.64. The number of benzene rings is 1. The van der Waals surface area contributed by atoms with E-state index in [0.717, 1.165) is 22.4 Å². The summed E-state index contributed by atoms with van der Waals surface area (Å²) in [6.45, 7) is 14.8. The van der Waals surface area contributed by atoms with Gasteiger partial charge >= 0.3 is 13.2 Å². The molecular weight excluding hydrogens is 381 g/mol. The van der Waals surface area contributed by atoms with E-state index in [1.807, 2.05) is 83.6 Å². The van der Waals surface area contributed by atoms with Crippen LogP contribution in [0.25, 0.3) is 5.69 Å². The summed E-state index contributed by atoms with van der Waals surface area (Å²) in [4.78, 5) is 14.0. The van der Waals surface area contributed by atoms with E-state index in [1.165, 1.54) is 0 Å². The van der Waals surface area contributed by atoms with Crippen LogP contribution in [0.3, 0.4) is 0 Å². The zero-order valence-corrected chi connectivity index (χ0v) is 18.9. The van der Waals surface area contributed by atoms with Gasteiger partial charge in [-0.25, -0.2) is 9.48 Å². The third kappa shape index (κ3) is 3.86. The van der Waals surface area contributed by atoms with Gasteiger partial charge in [-0.1, -0.05) is 12.1 Å². The zero-order valence-electron chi connectivity index (χ0n) is 18.9. The summed E-state index contributed by atoms with van der Waals surface area (Å²) in [6.07, 6.45) is 1.67. The molecule has 1 aromatic heterocycles. The summed E-state index contributed by atoms with van der Waals surface area (Å²) in [5.74, 6) is 0. The fourth-order valence-corrected chi connectivity index (χ4v) is 3.50. The lowest BCUT2D eigenvalue weighted by Gasteiger charge is -2.32. The fourth-order valence-electron chi connectivity index (χ4n) is 3.50. The lowest BCUT2D eigenvalue weighted by Crippen LogP contribution is -2.41. The van der Waals surface area contributed by atoms with E-state index in [2.05, 4.69) is 5.10 Å². The van der Waals surface area contributed by atoms with Crippen molar-refractivity contribution in [3.8, 4) is 5.69 Å². The number of rotatable bonds is 2. The van der Waals surface area contributed by atoms with E-state index >= 15 is 0 Å². The van der Waals surface area contributed by atoms with Crippen molar-refractivity contribution in [2.45, 2.75) is 78.4 Å². The second-order valence-electron chi connectivity index (χ2n) is 10.1. The van der Waals surface area contributed by atoms with Crippen molar-refractivity contribution in [1.82, 2.24) is 14.7 Å². The van der Waals surface area contributed by atoms with Crippen LogP contribution in [0.1, 0.15) is 59.7 Å². The fraction of sp³-hybridized carbons (Fsp3) is 0.545. The molecule has 0 saturated carbocycles. The lowest BCUT2D eigenvalue weighted by atomic mass is 9.79. The van der Waals surface area contributed by atoms with Crippen LogP contribution in [0.2, 0.25) is 0 Å². The van der Waals surface area contributed by atoms with E-state index in [-0.39, 0.29) is 24.4 Å². The summed E-state index contributed by atoms with van der Waals surface area (Å²) < 4.78 is 19.5. The highest BCUT2D eigenvalue weighted by Gasteiger charge is 2.51. The Bertz CT molecular complexity index is 920. The standard InChI is InChI=1S/C22H30BN3O4/c1-20(2,3)28-19(27)25-12-15-13-26(24-18(15)14-25)17-10-8-16(9-11-17)23-29-21(4,5)22(6,7)30-23/h8-11,13H,12,14H2,1-7H3. The number of hydrogen-bond acceptors (Lipinski definition) is 5. The summed E-state index contributed by atoms with van der Waals surface area (Å²) >= 11 is 0. The summed E-state index contributed by atoms with van der Waals surface area (Å²) in [5, 5.41) is 4.67. The number of carbonyl (C=O) groups excluding carboxylic acids is 1. The molecule has 8 heteroatoms. The minimum absolute atomic E-state index is 0.307. The number of amides is 1. The molecule has 1 aromatic carbocycles. The smallest absolute Gasteiger partial charge is 0.444 e. The number of fused-ring (bicyclic) bond motifs is 1. The van der Waals surface area contributed by atoms with E-state index in [0.29, 0.717) is 13.1 Å². The van der Waals surface area contributed by atoms with Crippen LogP contribution in [0.4, 0.5) is 4.79 Å². The van der Waals surface area contributed by atoms with Crippen LogP contribution in [0.5, 0.6) is 0 Å². The Balaban J connectivity index is 1.44. The molecule has 4 rings (SSSR count). The quantitative estimate of drug-likeness (QED) is 0.709. The molecule has 1 saturated heterocycles. The van der Waals surface area contributed by atoms with Crippen LogP contribution >= 0.6 is 0 Å². The molecule has 1 fully saturated rings. The Morgan fingerprint density at radius 2 is 1.67 bits per heavy atom. The van der Waals surface area contributed by atoms with Gasteiger partial charge in [0.15, 0.2) is 0 Å². The number of nitrogens with zero attached hydrogens (tertiary/aromatic N) is 3. The van der Waals surface area contributed by atoms with Crippen molar-refractivity contribution in [3.63, 3.8) is 0 Å². The normalized spacial score (nSPS) is 19.8. The van der Waals surface area contributed by atoms with Gasteiger partial charge in [-0.05, 0) is 66.1 Å². The molecule has 0 unspecified atom stereocenters. The Morgan fingerprint density at radius 1 is 1.07 bits per heavy atom. The van der Waals surface area contributed by atoms with Crippen molar-refractivity contribution in [3.05, 3.63) is 41.7 Å². The van der Waals surface area contributed by atoms with Crippen molar-refractivity contribution in [2.75, 3.05) is 0 Å². The maximum absolute atomic E-state index is 12.3. The molecule has 30 heavy (non-hydrogen) atoms. The molecule has 3 heterocycles. The maximum atomic E-state index is 12.3. The van der Waals surface area contributed by atoms with Crippen molar-refractivity contribution in [2.24, 2.45) is 0 Å². The first kappa shape index (κ1) is 20.9. The lowest BCUT2D eigenvalue weighted by molar-refractivity contribution is 0.00578. The SMILES string of the molecule is CC(C)(C)OC(=O)N1Cc2cn(-c3ccc(B4OC(C)(C)C(C)(C)O4)cc3)nc2C1.